The molecule has 1 N–H and O–H groups in total. The van der Waals surface area contributed by atoms with Crippen molar-refractivity contribution in [3.63, 3.8) is 0 Å². The van der Waals surface area contributed by atoms with Crippen molar-refractivity contribution in [2.75, 3.05) is 0 Å². The number of hydrogen-bond donors (Lipinski definition) is 1. The minimum absolute atomic E-state index is 0.137. The molecule has 0 bridgehead atoms. The maximum atomic E-state index is 13.5. The molecule has 4 heterocycles. The van der Waals surface area contributed by atoms with E-state index in [4.69, 9.17) is 11.6 Å². The van der Waals surface area contributed by atoms with E-state index in [9.17, 15) is 9.18 Å². The summed E-state index contributed by atoms with van der Waals surface area (Å²) in [5.74, 6) is -0.322. The molecule has 6 aromatic rings. The number of halogens is 2. The number of nitrogens with zero attached hydrogens (tertiary/aromatic N) is 6. The molecule has 0 atom stereocenters. The predicted octanol–water partition coefficient (Wildman–Crippen LogP) is 4.58. The molecule has 0 aliphatic heterocycles. The second-order valence-corrected chi connectivity index (χ2v) is 8.72. The average molecular weight is 488 g/mol. The molecule has 0 fully saturated rings. The second kappa shape index (κ2) is 8.28. The summed E-state index contributed by atoms with van der Waals surface area (Å²) in [6.07, 6.45) is 4.68. The molecule has 0 aliphatic carbocycles. The Morgan fingerprint density at radius 3 is 2.71 bits per heavy atom. The van der Waals surface area contributed by atoms with Crippen LogP contribution in [-0.2, 0) is 19.4 Å². The number of fused-ring (bicyclic) bond motifs is 4. The van der Waals surface area contributed by atoms with Crippen molar-refractivity contribution in [3.8, 4) is 11.1 Å². The maximum absolute atomic E-state index is 13.5. The van der Waals surface area contributed by atoms with Crippen molar-refractivity contribution in [3.05, 3.63) is 87.4 Å². The molecule has 0 unspecified atom stereocenters. The molecule has 0 saturated carbocycles. The average Bonchev–Trinajstić information content (AvgIpc) is 3.45. The molecule has 0 saturated heterocycles. The summed E-state index contributed by atoms with van der Waals surface area (Å²) in [6.45, 7) is 2.39. The van der Waals surface area contributed by atoms with E-state index >= 15 is 0 Å². The van der Waals surface area contributed by atoms with Crippen LogP contribution in [0, 0.1) is 5.82 Å². The Labute approximate surface area is 203 Å². The Kier molecular flexibility index (Phi) is 5.07. The fourth-order valence-corrected chi connectivity index (χ4v) is 4.59. The van der Waals surface area contributed by atoms with E-state index in [-0.39, 0.29) is 16.9 Å². The molecule has 174 valence electrons. The summed E-state index contributed by atoms with van der Waals surface area (Å²) >= 11 is 6.15. The minimum Gasteiger partial charge on any atom is -0.361 e. The van der Waals surface area contributed by atoms with Crippen LogP contribution in [0.25, 0.3) is 38.8 Å². The van der Waals surface area contributed by atoms with Gasteiger partial charge in [0, 0.05) is 28.7 Å². The van der Waals surface area contributed by atoms with Gasteiger partial charge in [-0.25, -0.2) is 9.37 Å². The zero-order valence-electron chi connectivity index (χ0n) is 18.7. The lowest BCUT2D eigenvalue weighted by Crippen LogP contribution is -2.23. The van der Waals surface area contributed by atoms with Crippen LogP contribution in [0.5, 0.6) is 0 Å². The third-order valence-corrected chi connectivity index (χ3v) is 6.43. The highest BCUT2D eigenvalue weighted by Crippen LogP contribution is 2.29. The molecule has 2 aromatic carbocycles. The molecular weight excluding hydrogens is 469 g/mol. The summed E-state index contributed by atoms with van der Waals surface area (Å²) in [4.78, 5) is 21.0. The van der Waals surface area contributed by atoms with Crippen LogP contribution in [0.3, 0.4) is 0 Å². The number of aromatic nitrogens is 7. The molecule has 35 heavy (non-hydrogen) atoms. The van der Waals surface area contributed by atoms with Gasteiger partial charge in [-0.15, -0.1) is 10.2 Å². The van der Waals surface area contributed by atoms with Crippen LogP contribution in [-0.4, -0.2) is 34.3 Å². The second-order valence-electron chi connectivity index (χ2n) is 8.29. The molecule has 0 amide bonds. The van der Waals surface area contributed by atoms with Crippen molar-refractivity contribution >= 4 is 39.3 Å². The van der Waals surface area contributed by atoms with Gasteiger partial charge in [0.15, 0.2) is 16.8 Å². The van der Waals surface area contributed by atoms with E-state index in [1.807, 2.05) is 31.3 Å². The molecule has 8 nitrogen and oxygen atoms in total. The zero-order chi connectivity index (χ0) is 24.1. The Bertz CT molecular complexity index is 1790. The Hall–Kier alpha value is -4.11. The van der Waals surface area contributed by atoms with Crippen molar-refractivity contribution in [2.24, 2.45) is 0 Å². The predicted molar refractivity (Wildman–Crippen MR) is 132 cm³/mol. The quantitative estimate of drug-likeness (QED) is 0.384. The van der Waals surface area contributed by atoms with E-state index in [1.54, 1.807) is 16.6 Å². The highest BCUT2D eigenvalue weighted by atomic mass is 35.5. The van der Waals surface area contributed by atoms with E-state index in [0.29, 0.717) is 35.7 Å². The first kappa shape index (κ1) is 21.4. The summed E-state index contributed by atoms with van der Waals surface area (Å²) in [5, 5.41) is 14.9. The number of nitrogens with one attached hydrogen (secondary N) is 1. The van der Waals surface area contributed by atoms with Crippen molar-refractivity contribution < 1.29 is 4.39 Å². The zero-order valence-corrected chi connectivity index (χ0v) is 19.4. The van der Waals surface area contributed by atoms with Crippen LogP contribution in [0.15, 0.2) is 59.8 Å². The van der Waals surface area contributed by atoms with Gasteiger partial charge in [0.1, 0.15) is 12.1 Å². The van der Waals surface area contributed by atoms with Gasteiger partial charge in [0.25, 0.3) is 5.56 Å². The summed E-state index contributed by atoms with van der Waals surface area (Å²) < 4.78 is 16.5. The van der Waals surface area contributed by atoms with Crippen LogP contribution >= 0.6 is 11.6 Å². The number of H-pyrrole nitrogens is 1. The lowest BCUT2D eigenvalue weighted by Gasteiger charge is -2.07. The van der Waals surface area contributed by atoms with Gasteiger partial charge in [-0.05, 0) is 54.3 Å². The van der Waals surface area contributed by atoms with Crippen molar-refractivity contribution in [1.82, 2.24) is 34.3 Å². The van der Waals surface area contributed by atoms with E-state index in [1.165, 1.54) is 23.0 Å². The molecule has 0 radical (unpaired) electrons. The highest BCUT2D eigenvalue weighted by Gasteiger charge is 2.19. The lowest BCUT2D eigenvalue weighted by molar-refractivity contribution is 0.628. The van der Waals surface area contributed by atoms with E-state index in [2.05, 4.69) is 25.3 Å². The summed E-state index contributed by atoms with van der Waals surface area (Å²) in [6, 6.07) is 11.8. The number of aryl methyl sites for hydroxylation is 3. The SMILES string of the molecule is CCc1nn2c(nnc3c(=O)n(CCc4c[nH]c5ccc(Cl)cc45)cnc32)c1-c1ccc(F)cc1. The van der Waals surface area contributed by atoms with Gasteiger partial charge < -0.3 is 4.98 Å². The molecule has 10 heteroatoms. The van der Waals surface area contributed by atoms with Gasteiger partial charge in [-0.2, -0.15) is 9.61 Å². The molecule has 6 rings (SSSR count). The van der Waals surface area contributed by atoms with Gasteiger partial charge in [0.2, 0.25) is 0 Å². The minimum atomic E-state index is -0.322. The first-order valence-electron chi connectivity index (χ1n) is 11.2. The van der Waals surface area contributed by atoms with Crippen LogP contribution < -0.4 is 5.56 Å². The Morgan fingerprint density at radius 2 is 1.91 bits per heavy atom. The van der Waals surface area contributed by atoms with E-state index in [0.717, 1.165) is 33.3 Å². The largest absolute Gasteiger partial charge is 0.361 e. The van der Waals surface area contributed by atoms with Gasteiger partial charge >= 0.3 is 0 Å². The van der Waals surface area contributed by atoms with Crippen LogP contribution in [0.1, 0.15) is 18.2 Å². The van der Waals surface area contributed by atoms with Crippen LogP contribution in [0.4, 0.5) is 4.39 Å². The number of hydrogen-bond acceptors (Lipinski definition) is 5. The lowest BCUT2D eigenvalue weighted by atomic mass is 10.0. The smallest absolute Gasteiger partial charge is 0.283 e. The normalized spacial score (nSPS) is 11.7. The van der Waals surface area contributed by atoms with Crippen molar-refractivity contribution in [1.29, 1.82) is 0 Å². The number of aromatic amines is 1. The number of rotatable bonds is 5. The van der Waals surface area contributed by atoms with Crippen LogP contribution in [0.2, 0.25) is 5.02 Å². The first-order valence-corrected chi connectivity index (χ1v) is 11.6. The fourth-order valence-electron chi connectivity index (χ4n) is 4.42. The molecule has 4 aromatic heterocycles. The monoisotopic (exact) mass is 487 g/mol. The van der Waals surface area contributed by atoms with Gasteiger partial charge in [-0.1, -0.05) is 30.7 Å². The molecule has 0 spiro atoms. The number of benzene rings is 2. The molecule has 0 aliphatic rings. The summed E-state index contributed by atoms with van der Waals surface area (Å²) in [7, 11) is 0. The Balaban J connectivity index is 1.41. The first-order chi connectivity index (χ1) is 17.0. The van der Waals surface area contributed by atoms with E-state index < -0.39 is 0 Å². The fraction of sp³-hybridized carbons (Fsp3) is 0.160. The molecular formula is C25H19ClFN7O. The summed E-state index contributed by atoms with van der Waals surface area (Å²) in [5.41, 5.74) is 4.99. The van der Waals surface area contributed by atoms with Crippen molar-refractivity contribution in [2.45, 2.75) is 26.3 Å². The third-order valence-electron chi connectivity index (χ3n) is 6.19. The Morgan fingerprint density at radius 1 is 1.09 bits per heavy atom. The third kappa shape index (κ3) is 3.55. The highest BCUT2D eigenvalue weighted by molar-refractivity contribution is 6.31. The standard InChI is InChI=1S/C25H19ClFN7O/c1-2-19-21(14-3-6-17(27)7-4-14)23-31-30-22-24(34(23)32-19)29-13-33(25(22)35)10-9-15-12-28-20-8-5-16(26)11-18(15)20/h3-8,11-13,28H,2,9-10H2,1H3. The maximum Gasteiger partial charge on any atom is 0.283 e. The van der Waals surface area contributed by atoms with Gasteiger partial charge in [-0.3, -0.25) is 9.36 Å². The van der Waals surface area contributed by atoms with Gasteiger partial charge in [0.05, 0.1) is 11.3 Å². The topological polar surface area (TPSA) is 93.8 Å².